The molecule has 124 valence electrons. The Morgan fingerprint density at radius 3 is 2.73 bits per heavy atom. The zero-order valence-electron chi connectivity index (χ0n) is 12.9. The van der Waals surface area contributed by atoms with E-state index in [9.17, 15) is 17.9 Å². The lowest BCUT2D eigenvalue weighted by Crippen LogP contribution is -2.41. The number of sulfonamides is 1. The number of hydrogen-bond acceptors (Lipinski definition) is 4. The number of hydrogen-bond donors (Lipinski definition) is 3. The Morgan fingerprint density at radius 2 is 2.14 bits per heavy atom. The topological polar surface area (TPSA) is 78.4 Å². The number of halogens is 1. The molecule has 0 amide bonds. The lowest BCUT2D eigenvalue weighted by atomic mass is 9.73. The molecule has 0 unspecified atom stereocenters. The summed E-state index contributed by atoms with van der Waals surface area (Å²) >= 11 is 0. The first-order valence-corrected chi connectivity index (χ1v) is 8.92. The highest BCUT2D eigenvalue weighted by Crippen LogP contribution is 2.36. The molecular formula is C15H23FN2O3S. The quantitative estimate of drug-likeness (QED) is 0.772. The average molecular weight is 330 g/mol. The van der Waals surface area contributed by atoms with Crippen molar-refractivity contribution in [2.24, 2.45) is 5.41 Å². The van der Waals surface area contributed by atoms with E-state index in [1.54, 1.807) is 0 Å². The fourth-order valence-corrected chi connectivity index (χ4v) is 3.55. The van der Waals surface area contributed by atoms with Crippen LogP contribution in [0.2, 0.25) is 0 Å². The maximum absolute atomic E-state index is 14.1. The van der Waals surface area contributed by atoms with Crippen LogP contribution in [0.15, 0.2) is 23.1 Å². The molecule has 1 aliphatic carbocycles. The van der Waals surface area contributed by atoms with Crippen molar-refractivity contribution in [2.75, 3.05) is 18.9 Å². The second kappa shape index (κ2) is 6.52. The van der Waals surface area contributed by atoms with Gasteiger partial charge in [-0.05, 0) is 38.1 Å². The van der Waals surface area contributed by atoms with Crippen LogP contribution < -0.4 is 10.0 Å². The number of aliphatic hydroxyl groups excluding tert-OH is 1. The highest BCUT2D eigenvalue weighted by molar-refractivity contribution is 7.89. The lowest BCUT2D eigenvalue weighted by molar-refractivity contribution is 0.00959. The second-order valence-electron chi connectivity index (χ2n) is 6.12. The van der Waals surface area contributed by atoms with Crippen LogP contribution in [0.4, 0.5) is 10.1 Å². The van der Waals surface area contributed by atoms with Crippen molar-refractivity contribution in [3.63, 3.8) is 0 Å². The number of anilines is 1. The zero-order chi connectivity index (χ0) is 16.4. The predicted octanol–water partition coefficient (Wildman–Crippen LogP) is 2.09. The maximum Gasteiger partial charge on any atom is 0.240 e. The minimum absolute atomic E-state index is 0.109. The third-order valence-corrected chi connectivity index (χ3v) is 5.89. The number of aliphatic hydroxyl groups is 1. The van der Waals surface area contributed by atoms with E-state index in [0.717, 1.165) is 31.7 Å². The van der Waals surface area contributed by atoms with Gasteiger partial charge in [-0.2, -0.15) is 0 Å². The Hall–Kier alpha value is -1.18. The van der Waals surface area contributed by atoms with Crippen LogP contribution in [-0.4, -0.2) is 33.2 Å². The minimum atomic E-state index is -3.65. The molecule has 0 saturated heterocycles. The van der Waals surface area contributed by atoms with E-state index in [2.05, 4.69) is 10.0 Å². The number of nitrogens with one attached hydrogen (secondary N) is 2. The summed E-state index contributed by atoms with van der Waals surface area (Å²) in [7, 11) is -2.37. The average Bonchev–Trinajstić information content (AvgIpc) is 2.49. The number of benzene rings is 1. The molecule has 0 spiro atoms. The molecule has 22 heavy (non-hydrogen) atoms. The van der Waals surface area contributed by atoms with Gasteiger partial charge in [0.15, 0.2) is 0 Å². The molecule has 0 heterocycles. The molecule has 7 heteroatoms. The summed E-state index contributed by atoms with van der Waals surface area (Å²) in [5, 5.41) is 13.1. The Balaban J connectivity index is 2.11. The highest BCUT2D eigenvalue weighted by Gasteiger charge is 2.35. The summed E-state index contributed by atoms with van der Waals surface area (Å²) in [5.74, 6) is -0.620. The molecule has 1 fully saturated rings. The van der Waals surface area contributed by atoms with Crippen molar-refractivity contribution in [1.29, 1.82) is 0 Å². The summed E-state index contributed by atoms with van der Waals surface area (Å²) in [6.45, 7) is 2.44. The van der Waals surface area contributed by atoms with E-state index in [1.807, 2.05) is 6.92 Å². The normalized spacial score (nSPS) is 25.9. The first-order valence-electron chi connectivity index (χ1n) is 7.43. The van der Waals surface area contributed by atoms with E-state index in [-0.39, 0.29) is 16.0 Å². The van der Waals surface area contributed by atoms with E-state index in [4.69, 9.17) is 0 Å². The molecule has 1 aromatic carbocycles. The van der Waals surface area contributed by atoms with Crippen molar-refractivity contribution in [3.8, 4) is 0 Å². The van der Waals surface area contributed by atoms with Crippen LogP contribution in [0.25, 0.3) is 0 Å². The number of rotatable bonds is 5. The van der Waals surface area contributed by atoms with E-state index in [1.165, 1.54) is 19.2 Å². The first kappa shape index (κ1) is 17.2. The van der Waals surface area contributed by atoms with Gasteiger partial charge in [0.1, 0.15) is 5.82 Å². The predicted molar refractivity (Wildman–Crippen MR) is 83.7 cm³/mol. The molecule has 0 aliphatic heterocycles. The summed E-state index contributed by atoms with van der Waals surface area (Å²) in [6, 6.07) is 3.77. The van der Waals surface area contributed by atoms with Gasteiger partial charge in [-0.15, -0.1) is 0 Å². The van der Waals surface area contributed by atoms with E-state index in [0.29, 0.717) is 6.54 Å². The van der Waals surface area contributed by atoms with E-state index < -0.39 is 21.9 Å². The summed E-state index contributed by atoms with van der Waals surface area (Å²) in [6.07, 6.45) is 3.31. The maximum atomic E-state index is 14.1. The SMILES string of the molecule is CNS(=O)(=O)c1ccc(NC[C@@]2(C)CCCC[C@@H]2O)c(F)c1. The molecule has 0 radical (unpaired) electrons. The van der Waals surface area contributed by atoms with Gasteiger partial charge < -0.3 is 10.4 Å². The van der Waals surface area contributed by atoms with Crippen molar-refractivity contribution in [3.05, 3.63) is 24.0 Å². The molecule has 2 atom stereocenters. The molecule has 2 rings (SSSR count). The monoisotopic (exact) mass is 330 g/mol. The Labute approximate surface area is 131 Å². The summed E-state index contributed by atoms with van der Waals surface area (Å²) in [4.78, 5) is -0.109. The fourth-order valence-electron chi connectivity index (χ4n) is 2.81. The standard InChI is InChI=1S/C15H23FN2O3S/c1-15(8-4-3-5-14(15)19)10-18-13-7-6-11(9-12(13)16)22(20,21)17-2/h6-7,9,14,17-19H,3-5,8,10H2,1-2H3/t14-,15+/m0/s1. The fraction of sp³-hybridized carbons (Fsp3) is 0.600. The van der Waals surface area contributed by atoms with Gasteiger partial charge in [-0.25, -0.2) is 17.5 Å². The van der Waals surface area contributed by atoms with Crippen molar-refractivity contribution in [2.45, 2.75) is 43.6 Å². The molecule has 1 aromatic rings. The molecule has 3 N–H and O–H groups in total. The third-order valence-electron chi connectivity index (χ3n) is 4.48. The Morgan fingerprint density at radius 1 is 1.41 bits per heavy atom. The van der Waals surface area contributed by atoms with Crippen molar-refractivity contribution in [1.82, 2.24) is 4.72 Å². The van der Waals surface area contributed by atoms with Crippen LogP contribution in [0.5, 0.6) is 0 Å². The van der Waals surface area contributed by atoms with Crippen LogP contribution in [0.3, 0.4) is 0 Å². The van der Waals surface area contributed by atoms with Gasteiger partial charge in [0.2, 0.25) is 10.0 Å². The van der Waals surface area contributed by atoms with Crippen LogP contribution >= 0.6 is 0 Å². The van der Waals surface area contributed by atoms with Crippen LogP contribution in [-0.2, 0) is 10.0 Å². The first-order chi connectivity index (χ1) is 10.3. The largest absolute Gasteiger partial charge is 0.392 e. The molecule has 0 aromatic heterocycles. The molecule has 5 nitrogen and oxygen atoms in total. The van der Waals surface area contributed by atoms with Gasteiger partial charge >= 0.3 is 0 Å². The van der Waals surface area contributed by atoms with Gasteiger partial charge in [-0.3, -0.25) is 0 Å². The smallest absolute Gasteiger partial charge is 0.240 e. The van der Waals surface area contributed by atoms with Crippen molar-refractivity contribution >= 4 is 15.7 Å². The Bertz CT molecular complexity index is 636. The van der Waals surface area contributed by atoms with Crippen molar-refractivity contribution < 1.29 is 17.9 Å². The van der Waals surface area contributed by atoms with Gasteiger partial charge in [-0.1, -0.05) is 19.8 Å². The molecular weight excluding hydrogens is 307 g/mol. The second-order valence-corrected chi connectivity index (χ2v) is 8.00. The molecule has 0 bridgehead atoms. The van der Waals surface area contributed by atoms with Gasteiger partial charge in [0, 0.05) is 12.0 Å². The Kier molecular flexibility index (Phi) is 5.09. The van der Waals surface area contributed by atoms with E-state index >= 15 is 0 Å². The highest BCUT2D eigenvalue weighted by atomic mass is 32.2. The van der Waals surface area contributed by atoms with Gasteiger partial charge in [0.25, 0.3) is 0 Å². The summed E-state index contributed by atoms with van der Waals surface area (Å²) in [5.41, 5.74) is -0.0468. The third kappa shape index (κ3) is 3.59. The van der Waals surface area contributed by atoms with Crippen LogP contribution in [0, 0.1) is 11.2 Å². The van der Waals surface area contributed by atoms with Crippen LogP contribution in [0.1, 0.15) is 32.6 Å². The zero-order valence-corrected chi connectivity index (χ0v) is 13.7. The molecule has 1 saturated carbocycles. The van der Waals surface area contributed by atoms with Gasteiger partial charge in [0.05, 0.1) is 16.7 Å². The summed E-state index contributed by atoms with van der Waals surface area (Å²) < 4.78 is 39.5. The minimum Gasteiger partial charge on any atom is -0.392 e. The molecule has 1 aliphatic rings. The lowest BCUT2D eigenvalue weighted by Gasteiger charge is -2.38.